The standard InChI is InChI=1S/C23H24NO5P/c1-28-18-7-9-22-20(13-18)21-14-19(29-2)8-10-23(21)24(22)15-17-5-3-16(4-6-17)11-12-30(25,26)27/h3-10,13-14H,11-12,15H2,1-2H3,(H2,25,26,27). The molecule has 4 aromatic rings. The van der Waals surface area contributed by atoms with Gasteiger partial charge in [-0.15, -0.1) is 0 Å². The summed E-state index contributed by atoms with van der Waals surface area (Å²) >= 11 is 0. The third-order valence-corrected chi connectivity index (χ3v) is 6.14. The predicted octanol–water partition coefficient (Wildman–Crippen LogP) is 4.58. The number of ether oxygens (including phenoxy) is 2. The normalized spacial score (nSPS) is 11.9. The van der Waals surface area contributed by atoms with E-state index < -0.39 is 7.60 Å². The molecule has 0 saturated carbocycles. The van der Waals surface area contributed by atoms with E-state index in [1.165, 1.54) is 0 Å². The predicted molar refractivity (Wildman–Crippen MR) is 119 cm³/mol. The average molecular weight is 425 g/mol. The highest BCUT2D eigenvalue weighted by molar-refractivity contribution is 7.51. The molecule has 0 aliphatic carbocycles. The van der Waals surface area contributed by atoms with Crippen LogP contribution in [0.25, 0.3) is 21.8 Å². The number of hydrogen-bond donors (Lipinski definition) is 2. The molecular weight excluding hydrogens is 401 g/mol. The van der Waals surface area contributed by atoms with Crippen molar-refractivity contribution in [2.24, 2.45) is 0 Å². The van der Waals surface area contributed by atoms with E-state index in [1.807, 2.05) is 48.5 Å². The monoisotopic (exact) mass is 425 g/mol. The van der Waals surface area contributed by atoms with Crippen LogP contribution >= 0.6 is 7.60 Å². The highest BCUT2D eigenvalue weighted by atomic mass is 31.2. The number of methoxy groups -OCH3 is 2. The zero-order valence-electron chi connectivity index (χ0n) is 16.9. The summed E-state index contributed by atoms with van der Waals surface area (Å²) in [6.07, 6.45) is 0.225. The molecule has 0 saturated heterocycles. The van der Waals surface area contributed by atoms with Gasteiger partial charge >= 0.3 is 7.60 Å². The molecule has 30 heavy (non-hydrogen) atoms. The summed E-state index contributed by atoms with van der Waals surface area (Å²) in [6.45, 7) is 0.678. The highest BCUT2D eigenvalue weighted by Gasteiger charge is 2.14. The smallest absolute Gasteiger partial charge is 0.325 e. The van der Waals surface area contributed by atoms with Crippen LogP contribution in [0.3, 0.4) is 0 Å². The molecular formula is C23H24NO5P. The summed E-state index contributed by atoms with van der Waals surface area (Å²) in [7, 11) is -0.659. The first-order valence-corrected chi connectivity index (χ1v) is 11.4. The van der Waals surface area contributed by atoms with Gasteiger partial charge in [-0.1, -0.05) is 24.3 Å². The Bertz CT molecular complexity index is 1180. The van der Waals surface area contributed by atoms with Gasteiger partial charge in [-0.25, -0.2) is 0 Å². The minimum atomic E-state index is -3.98. The van der Waals surface area contributed by atoms with Crippen molar-refractivity contribution in [1.82, 2.24) is 4.57 Å². The number of aromatic nitrogens is 1. The average Bonchev–Trinajstić information content (AvgIpc) is 3.04. The zero-order chi connectivity index (χ0) is 21.3. The summed E-state index contributed by atoms with van der Waals surface area (Å²) in [5, 5.41) is 2.20. The van der Waals surface area contributed by atoms with Gasteiger partial charge in [-0.2, -0.15) is 0 Å². The third-order valence-electron chi connectivity index (χ3n) is 5.33. The van der Waals surface area contributed by atoms with Gasteiger partial charge in [0.15, 0.2) is 0 Å². The fourth-order valence-corrected chi connectivity index (χ4v) is 4.30. The molecule has 3 aromatic carbocycles. The Labute approximate surface area is 174 Å². The topological polar surface area (TPSA) is 80.9 Å². The number of nitrogens with zero attached hydrogens (tertiary/aromatic N) is 1. The fraction of sp³-hybridized carbons (Fsp3) is 0.217. The van der Waals surface area contributed by atoms with E-state index in [0.717, 1.165) is 44.4 Å². The van der Waals surface area contributed by atoms with E-state index in [-0.39, 0.29) is 6.16 Å². The molecule has 4 rings (SSSR count). The lowest BCUT2D eigenvalue weighted by Gasteiger charge is -2.10. The minimum Gasteiger partial charge on any atom is -0.497 e. The molecule has 0 amide bonds. The Morgan fingerprint density at radius 2 is 1.30 bits per heavy atom. The van der Waals surface area contributed by atoms with Gasteiger partial charge in [-0.3, -0.25) is 4.57 Å². The fourth-order valence-electron chi connectivity index (χ4n) is 3.76. The van der Waals surface area contributed by atoms with Crippen molar-refractivity contribution in [2.75, 3.05) is 20.4 Å². The molecule has 7 heteroatoms. The van der Waals surface area contributed by atoms with Crippen LogP contribution in [0.2, 0.25) is 0 Å². The lowest BCUT2D eigenvalue weighted by molar-refractivity contribution is 0.373. The maximum Gasteiger partial charge on any atom is 0.325 e. The van der Waals surface area contributed by atoms with Crippen LogP contribution in [0.15, 0.2) is 60.7 Å². The highest BCUT2D eigenvalue weighted by Crippen LogP contribution is 2.36. The van der Waals surface area contributed by atoms with Crippen LogP contribution in [0.4, 0.5) is 0 Å². The van der Waals surface area contributed by atoms with Gasteiger partial charge in [0.25, 0.3) is 0 Å². The molecule has 6 nitrogen and oxygen atoms in total. The van der Waals surface area contributed by atoms with Crippen molar-refractivity contribution >= 4 is 29.4 Å². The van der Waals surface area contributed by atoms with E-state index in [1.54, 1.807) is 14.2 Å². The van der Waals surface area contributed by atoms with Crippen LogP contribution in [-0.2, 0) is 17.5 Å². The summed E-state index contributed by atoms with van der Waals surface area (Å²) in [5.74, 6) is 1.61. The molecule has 0 spiro atoms. The second-order valence-corrected chi connectivity index (χ2v) is 9.08. The van der Waals surface area contributed by atoms with Crippen molar-refractivity contribution in [2.45, 2.75) is 13.0 Å². The van der Waals surface area contributed by atoms with Crippen molar-refractivity contribution in [3.63, 3.8) is 0 Å². The second-order valence-electron chi connectivity index (χ2n) is 7.31. The van der Waals surface area contributed by atoms with Gasteiger partial charge in [0.2, 0.25) is 0 Å². The maximum atomic E-state index is 11.1. The van der Waals surface area contributed by atoms with E-state index in [9.17, 15) is 4.57 Å². The molecule has 0 aliphatic rings. The summed E-state index contributed by atoms with van der Waals surface area (Å²) < 4.78 is 24.2. The van der Waals surface area contributed by atoms with E-state index in [2.05, 4.69) is 16.7 Å². The Morgan fingerprint density at radius 1 is 0.800 bits per heavy atom. The van der Waals surface area contributed by atoms with Crippen LogP contribution in [0.5, 0.6) is 11.5 Å². The van der Waals surface area contributed by atoms with Crippen molar-refractivity contribution in [3.8, 4) is 11.5 Å². The zero-order valence-corrected chi connectivity index (χ0v) is 17.8. The van der Waals surface area contributed by atoms with E-state index >= 15 is 0 Å². The molecule has 1 heterocycles. The van der Waals surface area contributed by atoms with Crippen molar-refractivity contribution < 1.29 is 23.8 Å². The Morgan fingerprint density at radius 3 is 1.77 bits per heavy atom. The van der Waals surface area contributed by atoms with E-state index in [4.69, 9.17) is 19.3 Å². The summed E-state index contributed by atoms with van der Waals surface area (Å²) in [4.78, 5) is 18.1. The molecule has 0 unspecified atom stereocenters. The number of aryl methyl sites for hydroxylation is 1. The number of hydrogen-bond acceptors (Lipinski definition) is 3. The largest absolute Gasteiger partial charge is 0.497 e. The third kappa shape index (κ3) is 4.21. The molecule has 0 aliphatic heterocycles. The molecule has 2 N–H and O–H groups in total. The first-order valence-electron chi connectivity index (χ1n) is 9.64. The lowest BCUT2D eigenvalue weighted by Crippen LogP contribution is -2.00. The van der Waals surface area contributed by atoms with E-state index in [0.29, 0.717) is 13.0 Å². The Hall–Kier alpha value is -2.79. The lowest BCUT2D eigenvalue weighted by atomic mass is 10.1. The van der Waals surface area contributed by atoms with Crippen LogP contribution in [0, 0.1) is 0 Å². The molecule has 0 radical (unpaired) electrons. The van der Waals surface area contributed by atoms with Crippen LogP contribution < -0.4 is 9.47 Å². The van der Waals surface area contributed by atoms with Gasteiger partial charge < -0.3 is 23.8 Å². The van der Waals surface area contributed by atoms with Crippen molar-refractivity contribution in [3.05, 3.63) is 71.8 Å². The summed E-state index contributed by atoms with van der Waals surface area (Å²) in [5.41, 5.74) is 4.23. The maximum absolute atomic E-state index is 11.1. The first-order chi connectivity index (χ1) is 14.4. The Kier molecular flexibility index (Phi) is 5.56. The summed E-state index contributed by atoms with van der Waals surface area (Å²) in [6, 6.07) is 20.0. The van der Waals surface area contributed by atoms with Gasteiger partial charge in [0.1, 0.15) is 11.5 Å². The van der Waals surface area contributed by atoms with Gasteiger partial charge in [0.05, 0.1) is 20.4 Å². The molecule has 0 atom stereocenters. The second kappa shape index (κ2) is 8.15. The SMILES string of the molecule is COc1ccc2c(c1)c1cc(OC)ccc1n2Cc1ccc(CCP(=O)(O)O)cc1. The number of benzene rings is 3. The van der Waals surface area contributed by atoms with Crippen LogP contribution in [0.1, 0.15) is 11.1 Å². The number of rotatable bonds is 7. The van der Waals surface area contributed by atoms with Crippen molar-refractivity contribution in [1.29, 1.82) is 0 Å². The van der Waals surface area contributed by atoms with Gasteiger partial charge in [-0.05, 0) is 53.9 Å². The van der Waals surface area contributed by atoms with Gasteiger partial charge in [0, 0.05) is 28.4 Å². The molecule has 0 bridgehead atoms. The molecule has 0 fully saturated rings. The minimum absolute atomic E-state index is 0.136. The molecule has 156 valence electrons. The Balaban J connectivity index is 1.72. The first kappa shape index (κ1) is 20.5. The quantitative estimate of drug-likeness (QED) is 0.424. The van der Waals surface area contributed by atoms with Crippen LogP contribution in [-0.4, -0.2) is 34.7 Å². The molecule has 1 aromatic heterocycles. The number of fused-ring (bicyclic) bond motifs is 3.